The maximum Gasteiger partial charge on any atom is 0.211 e. The molecule has 0 aliphatic carbocycles. The first kappa shape index (κ1) is 9.54. The number of fused-ring (bicyclic) bond motifs is 1. The lowest BCUT2D eigenvalue weighted by Crippen LogP contribution is -1.91. The van der Waals surface area contributed by atoms with Crippen LogP contribution in [0, 0.1) is 0 Å². The molecule has 0 saturated heterocycles. The smallest absolute Gasteiger partial charge is 0.211 e. The Morgan fingerprint density at radius 1 is 1.31 bits per heavy atom. The van der Waals surface area contributed by atoms with E-state index in [9.17, 15) is 0 Å². The molecule has 13 heavy (non-hydrogen) atoms. The Bertz CT molecular complexity index is 363. The average Bonchev–Trinajstić information content (AvgIpc) is 2.28. The number of pyridine rings is 1. The number of hydrogen-bond donors (Lipinski definition) is 1. The zero-order chi connectivity index (χ0) is 8.39. The van der Waals surface area contributed by atoms with Crippen molar-refractivity contribution < 1.29 is 9.84 Å². The van der Waals surface area contributed by atoms with Gasteiger partial charge in [0.25, 0.3) is 0 Å². The van der Waals surface area contributed by atoms with Crippen LogP contribution in [0.5, 0.6) is 11.6 Å². The van der Waals surface area contributed by atoms with E-state index in [2.05, 4.69) is 9.98 Å². The molecule has 0 radical (unpaired) electrons. The van der Waals surface area contributed by atoms with Gasteiger partial charge in [0.05, 0.1) is 12.4 Å². The molecule has 1 aromatic rings. The Balaban J connectivity index is 0.000000845. The third-order valence-corrected chi connectivity index (χ3v) is 1.41. The van der Waals surface area contributed by atoms with Gasteiger partial charge >= 0.3 is 0 Å². The average molecular weight is 199 g/mol. The molecule has 0 spiro atoms. The normalized spacial score (nSPS) is 12.3. The van der Waals surface area contributed by atoms with Crippen molar-refractivity contribution in [2.45, 2.75) is 0 Å². The molecule has 5 heteroatoms. The van der Waals surface area contributed by atoms with Gasteiger partial charge in [0, 0.05) is 6.07 Å². The SMILES string of the molecule is Cl.Oc1ccc2c(n1)C=NC=CO2. The van der Waals surface area contributed by atoms with E-state index in [1.807, 2.05) is 0 Å². The lowest BCUT2D eigenvalue weighted by atomic mass is 10.3. The van der Waals surface area contributed by atoms with Crippen molar-refractivity contribution in [3.8, 4) is 11.6 Å². The van der Waals surface area contributed by atoms with E-state index in [0.717, 1.165) is 0 Å². The van der Waals surface area contributed by atoms with E-state index in [1.54, 1.807) is 6.07 Å². The van der Waals surface area contributed by atoms with Gasteiger partial charge in [-0.25, -0.2) is 4.98 Å². The quantitative estimate of drug-likeness (QED) is 0.687. The number of hydrogen-bond acceptors (Lipinski definition) is 4. The van der Waals surface area contributed by atoms with Crippen LogP contribution in [0.4, 0.5) is 0 Å². The van der Waals surface area contributed by atoms with E-state index >= 15 is 0 Å². The summed E-state index contributed by atoms with van der Waals surface area (Å²) in [7, 11) is 0. The second-order valence-corrected chi connectivity index (χ2v) is 2.23. The molecule has 1 aliphatic rings. The van der Waals surface area contributed by atoms with Crippen molar-refractivity contribution >= 4 is 18.6 Å². The first-order valence-corrected chi connectivity index (χ1v) is 3.41. The van der Waals surface area contributed by atoms with Gasteiger partial charge in [0.1, 0.15) is 12.0 Å². The van der Waals surface area contributed by atoms with Crippen LogP contribution in [0.25, 0.3) is 0 Å². The van der Waals surface area contributed by atoms with Crippen molar-refractivity contribution in [2.75, 3.05) is 0 Å². The van der Waals surface area contributed by atoms with Crippen molar-refractivity contribution in [3.63, 3.8) is 0 Å². The molecule has 4 nitrogen and oxygen atoms in total. The zero-order valence-corrected chi connectivity index (χ0v) is 7.36. The fourth-order valence-electron chi connectivity index (χ4n) is 0.896. The molecule has 0 amide bonds. The van der Waals surface area contributed by atoms with Crippen LogP contribution in [-0.4, -0.2) is 16.3 Å². The third kappa shape index (κ3) is 1.97. The highest BCUT2D eigenvalue weighted by Crippen LogP contribution is 2.19. The number of aliphatic imine (C=N–C) groups is 1. The monoisotopic (exact) mass is 198 g/mol. The van der Waals surface area contributed by atoms with Gasteiger partial charge in [-0.05, 0) is 6.07 Å². The summed E-state index contributed by atoms with van der Waals surface area (Å²) in [6.45, 7) is 0. The Hall–Kier alpha value is -1.55. The molecule has 1 aliphatic heterocycles. The van der Waals surface area contributed by atoms with Crippen LogP contribution in [0.1, 0.15) is 5.69 Å². The lowest BCUT2D eigenvalue weighted by Gasteiger charge is -2.00. The molecule has 1 aromatic heterocycles. The first-order valence-electron chi connectivity index (χ1n) is 3.41. The van der Waals surface area contributed by atoms with Gasteiger partial charge < -0.3 is 9.84 Å². The Morgan fingerprint density at radius 2 is 2.15 bits per heavy atom. The van der Waals surface area contributed by atoms with E-state index in [0.29, 0.717) is 11.4 Å². The minimum Gasteiger partial charge on any atom is -0.493 e. The minimum atomic E-state index is -0.0364. The summed E-state index contributed by atoms with van der Waals surface area (Å²) in [5.74, 6) is 0.552. The summed E-state index contributed by atoms with van der Waals surface area (Å²) in [4.78, 5) is 7.66. The lowest BCUT2D eigenvalue weighted by molar-refractivity contribution is 0.442. The van der Waals surface area contributed by atoms with Gasteiger partial charge in [-0.1, -0.05) is 0 Å². The summed E-state index contributed by atoms with van der Waals surface area (Å²) < 4.78 is 5.12. The molecule has 0 saturated carbocycles. The topological polar surface area (TPSA) is 54.7 Å². The summed E-state index contributed by atoms with van der Waals surface area (Å²) in [6, 6.07) is 3.10. The van der Waals surface area contributed by atoms with Crippen molar-refractivity contribution in [2.24, 2.45) is 4.99 Å². The fourth-order valence-corrected chi connectivity index (χ4v) is 0.896. The largest absolute Gasteiger partial charge is 0.493 e. The molecule has 0 unspecified atom stereocenters. The Labute approximate surface area is 81.0 Å². The van der Waals surface area contributed by atoms with Gasteiger partial charge in [0.2, 0.25) is 5.88 Å². The molecular weight excluding hydrogens is 192 g/mol. The third-order valence-electron chi connectivity index (χ3n) is 1.41. The maximum absolute atomic E-state index is 9.03. The van der Waals surface area contributed by atoms with Crippen LogP contribution < -0.4 is 4.74 Å². The van der Waals surface area contributed by atoms with Crippen molar-refractivity contribution in [3.05, 3.63) is 30.3 Å². The van der Waals surface area contributed by atoms with E-state index in [-0.39, 0.29) is 18.3 Å². The predicted octanol–water partition coefficient (Wildman–Crippen LogP) is 1.49. The Kier molecular flexibility index (Phi) is 2.87. The van der Waals surface area contributed by atoms with Gasteiger partial charge in [-0.3, -0.25) is 4.99 Å². The van der Waals surface area contributed by atoms with Crippen molar-refractivity contribution in [1.82, 2.24) is 4.98 Å². The number of halogens is 1. The molecule has 0 atom stereocenters. The first-order chi connectivity index (χ1) is 5.86. The van der Waals surface area contributed by atoms with Crippen LogP contribution in [0.3, 0.4) is 0 Å². The van der Waals surface area contributed by atoms with Crippen LogP contribution in [0.15, 0.2) is 29.6 Å². The second-order valence-electron chi connectivity index (χ2n) is 2.23. The number of ether oxygens (including phenoxy) is 1. The summed E-state index contributed by atoms with van der Waals surface area (Å²) >= 11 is 0. The molecular formula is C8H7ClN2O2. The number of aromatic nitrogens is 1. The standard InChI is InChI=1S/C8H6N2O2.ClH/c11-8-2-1-7-6(10-8)5-9-3-4-12-7;/h1-5H,(H,10,11);1H. The number of aromatic hydroxyl groups is 1. The summed E-state index contributed by atoms with van der Waals surface area (Å²) in [5.41, 5.74) is 0.528. The predicted molar refractivity (Wildman–Crippen MR) is 50.5 cm³/mol. The highest BCUT2D eigenvalue weighted by atomic mass is 35.5. The highest BCUT2D eigenvalue weighted by Gasteiger charge is 2.04. The minimum absolute atomic E-state index is 0. The van der Waals surface area contributed by atoms with Crippen molar-refractivity contribution in [1.29, 1.82) is 0 Å². The van der Waals surface area contributed by atoms with Crippen LogP contribution in [-0.2, 0) is 0 Å². The van der Waals surface area contributed by atoms with E-state index < -0.39 is 0 Å². The van der Waals surface area contributed by atoms with Gasteiger partial charge in [0.15, 0.2) is 5.75 Å². The number of nitrogens with zero attached hydrogens (tertiary/aromatic N) is 2. The van der Waals surface area contributed by atoms with E-state index in [4.69, 9.17) is 9.84 Å². The summed E-state index contributed by atoms with van der Waals surface area (Å²) in [5, 5.41) is 9.03. The molecule has 2 rings (SSSR count). The van der Waals surface area contributed by atoms with E-state index in [1.165, 1.54) is 24.7 Å². The van der Waals surface area contributed by atoms with Gasteiger partial charge in [-0.15, -0.1) is 12.4 Å². The Morgan fingerprint density at radius 3 is 3.00 bits per heavy atom. The highest BCUT2D eigenvalue weighted by molar-refractivity contribution is 5.85. The van der Waals surface area contributed by atoms with Gasteiger partial charge in [-0.2, -0.15) is 0 Å². The maximum atomic E-state index is 9.03. The second kappa shape index (κ2) is 3.91. The molecule has 1 N–H and O–H groups in total. The molecule has 2 heterocycles. The summed E-state index contributed by atoms with van der Waals surface area (Å²) in [6.07, 6.45) is 4.50. The molecule has 0 aromatic carbocycles. The molecule has 0 fully saturated rings. The fraction of sp³-hybridized carbons (Fsp3) is 0. The molecule has 68 valence electrons. The number of rotatable bonds is 0. The zero-order valence-electron chi connectivity index (χ0n) is 6.54. The molecule has 0 bridgehead atoms. The van der Waals surface area contributed by atoms with Crippen LogP contribution >= 0.6 is 12.4 Å². The van der Waals surface area contributed by atoms with Crippen LogP contribution in [0.2, 0.25) is 0 Å².